The van der Waals surface area contributed by atoms with Crippen LogP contribution < -0.4 is 4.72 Å². The molecular weight excluding hydrogens is 324 g/mol. The van der Waals surface area contributed by atoms with Crippen LogP contribution in [0.1, 0.15) is 24.6 Å². The van der Waals surface area contributed by atoms with Crippen LogP contribution in [-0.4, -0.2) is 50.6 Å². The molecule has 0 aliphatic carbocycles. The fourth-order valence-electron chi connectivity index (χ4n) is 2.65. The molecule has 1 unspecified atom stereocenters. The van der Waals surface area contributed by atoms with Gasteiger partial charge in [0.05, 0.1) is 6.42 Å². The van der Waals surface area contributed by atoms with E-state index in [4.69, 9.17) is 5.11 Å². The zero-order valence-electron chi connectivity index (χ0n) is 12.6. The summed E-state index contributed by atoms with van der Waals surface area (Å²) in [6, 6.07) is 3.02. The van der Waals surface area contributed by atoms with E-state index >= 15 is 0 Å². The molecule has 8 heteroatoms. The molecule has 1 aliphatic heterocycles. The molecule has 2 N–H and O–H groups in total. The maximum Gasteiger partial charge on any atom is 0.308 e. The lowest BCUT2D eigenvalue weighted by atomic mass is 10.0. The van der Waals surface area contributed by atoms with Crippen molar-refractivity contribution in [2.24, 2.45) is 5.92 Å². The molecule has 1 aromatic rings. The van der Waals surface area contributed by atoms with Crippen molar-refractivity contribution in [3.8, 4) is 0 Å². The van der Waals surface area contributed by atoms with Gasteiger partial charge in [-0.25, -0.2) is 13.1 Å². The summed E-state index contributed by atoms with van der Waals surface area (Å²) >= 11 is 1.01. The molecule has 0 saturated carbocycles. The summed E-state index contributed by atoms with van der Waals surface area (Å²) in [4.78, 5) is 13.5. The summed E-state index contributed by atoms with van der Waals surface area (Å²) in [5, 5.41) is 8.72. The zero-order chi connectivity index (χ0) is 16.2. The van der Waals surface area contributed by atoms with Crippen LogP contribution in [0.25, 0.3) is 0 Å². The van der Waals surface area contributed by atoms with Gasteiger partial charge in [0.2, 0.25) is 10.0 Å². The monoisotopic (exact) mass is 346 g/mol. The van der Waals surface area contributed by atoms with Crippen molar-refractivity contribution in [2.45, 2.75) is 30.4 Å². The molecule has 2 heterocycles. The maximum atomic E-state index is 12.2. The number of carboxylic acids is 1. The minimum absolute atomic E-state index is 0.147. The number of hydrogen-bond acceptors (Lipinski definition) is 5. The third kappa shape index (κ3) is 5.05. The number of piperidine rings is 1. The molecule has 0 spiro atoms. The number of nitrogens with one attached hydrogen (secondary N) is 1. The van der Waals surface area contributed by atoms with Crippen molar-refractivity contribution < 1.29 is 18.3 Å². The predicted molar refractivity (Wildman–Crippen MR) is 85.7 cm³/mol. The van der Waals surface area contributed by atoms with Crippen LogP contribution in [0.15, 0.2) is 16.3 Å². The molecule has 2 rings (SSSR count). The van der Waals surface area contributed by atoms with Crippen molar-refractivity contribution in [3.05, 3.63) is 17.0 Å². The number of carbonyl (C=O) groups is 1. The number of carboxylic acid groups (broad SMARTS) is 1. The van der Waals surface area contributed by atoms with Crippen LogP contribution in [0, 0.1) is 5.92 Å². The smallest absolute Gasteiger partial charge is 0.308 e. The van der Waals surface area contributed by atoms with Crippen molar-refractivity contribution in [2.75, 3.05) is 26.2 Å². The summed E-state index contributed by atoms with van der Waals surface area (Å²) in [5.74, 6) is -0.292. The Morgan fingerprint density at radius 2 is 2.27 bits per heavy atom. The van der Waals surface area contributed by atoms with Crippen molar-refractivity contribution in [3.63, 3.8) is 0 Å². The summed E-state index contributed by atoms with van der Waals surface area (Å²) in [6.45, 7) is 5.33. The Hall–Kier alpha value is -0.960. The first kappa shape index (κ1) is 17.4. The van der Waals surface area contributed by atoms with Crippen molar-refractivity contribution >= 4 is 27.3 Å². The van der Waals surface area contributed by atoms with Crippen molar-refractivity contribution in [1.82, 2.24) is 9.62 Å². The molecule has 1 saturated heterocycles. The number of nitrogens with zero attached hydrogens (tertiary/aromatic N) is 1. The molecule has 1 fully saturated rings. The second kappa shape index (κ2) is 7.54. The predicted octanol–water partition coefficient (Wildman–Crippen LogP) is 1.39. The standard InChI is InChI=1S/C14H22N2O4S2/c1-11-3-2-7-16(10-11)8-6-15-22(19,20)14-5-4-12(21-14)9-13(17)18/h4-5,11,15H,2-3,6-10H2,1H3,(H,17,18). The minimum Gasteiger partial charge on any atom is -0.481 e. The Kier molecular flexibility index (Phi) is 5.96. The van der Waals surface area contributed by atoms with Gasteiger partial charge in [-0.05, 0) is 37.4 Å². The third-order valence-electron chi connectivity index (χ3n) is 3.69. The quantitative estimate of drug-likeness (QED) is 0.779. The Labute approximate surface area is 135 Å². The van der Waals surface area contributed by atoms with E-state index < -0.39 is 16.0 Å². The van der Waals surface area contributed by atoms with Gasteiger partial charge in [0.1, 0.15) is 4.21 Å². The molecule has 0 amide bonds. The highest BCUT2D eigenvalue weighted by molar-refractivity contribution is 7.91. The molecule has 1 aliphatic rings. The number of hydrogen-bond donors (Lipinski definition) is 2. The second-order valence-corrected chi connectivity index (χ2v) is 8.90. The average molecular weight is 346 g/mol. The van der Waals surface area contributed by atoms with Crippen LogP contribution in [0.3, 0.4) is 0 Å². The molecule has 124 valence electrons. The molecular formula is C14H22N2O4S2. The largest absolute Gasteiger partial charge is 0.481 e. The number of likely N-dealkylation sites (tertiary alicyclic amines) is 1. The van der Waals surface area contributed by atoms with Gasteiger partial charge in [0, 0.05) is 24.5 Å². The van der Waals surface area contributed by atoms with Crippen LogP contribution in [0.4, 0.5) is 0 Å². The van der Waals surface area contributed by atoms with Crippen LogP contribution >= 0.6 is 11.3 Å². The van der Waals surface area contributed by atoms with Gasteiger partial charge >= 0.3 is 5.97 Å². The third-order valence-corrected chi connectivity index (χ3v) is 6.73. The Morgan fingerprint density at radius 3 is 2.95 bits per heavy atom. The van der Waals surface area contributed by atoms with Gasteiger partial charge < -0.3 is 10.0 Å². The Morgan fingerprint density at radius 1 is 1.50 bits per heavy atom. The topological polar surface area (TPSA) is 86.7 Å². The lowest BCUT2D eigenvalue weighted by Crippen LogP contribution is -2.39. The molecule has 0 bridgehead atoms. The highest BCUT2D eigenvalue weighted by Crippen LogP contribution is 2.22. The van der Waals surface area contributed by atoms with E-state index in [1.54, 1.807) is 6.07 Å². The first-order chi connectivity index (χ1) is 10.4. The molecule has 1 atom stereocenters. The fraction of sp³-hybridized carbons (Fsp3) is 0.643. The number of rotatable bonds is 7. The fourth-order valence-corrected chi connectivity index (χ4v) is 5.06. The van der Waals surface area contributed by atoms with Crippen LogP contribution in [-0.2, 0) is 21.2 Å². The lowest BCUT2D eigenvalue weighted by molar-refractivity contribution is -0.136. The summed E-state index contributed by atoms with van der Waals surface area (Å²) < 4.78 is 27.1. The normalized spacial score (nSPS) is 20.1. The molecule has 22 heavy (non-hydrogen) atoms. The average Bonchev–Trinajstić information content (AvgIpc) is 2.87. The van der Waals surface area contributed by atoms with E-state index in [1.165, 1.54) is 12.5 Å². The zero-order valence-corrected chi connectivity index (χ0v) is 14.3. The SMILES string of the molecule is CC1CCCN(CCNS(=O)(=O)c2ccc(CC(=O)O)s2)C1. The molecule has 1 aromatic heterocycles. The van der Waals surface area contributed by atoms with Gasteiger partial charge in [-0.15, -0.1) is 11.3 Å². The van der Waals surface area contributed by atoms with E-state index in [0.29, 0.717) is 23.9 Å². The molecule has 0 aromatic carbocycles. The first-order valence-electron chi connectivity index (χ1n) is 7.39. The second-order valence-electron chi connectivity index (χ2n) is 5.74. The highest BCUT2D eigenvalue weighted by Gasteiger charge is 2.19. The van der Waals surface area contributed by atoms with Gasteiger partial charge in [0.25, 0.3) is 0 Å². The Balaban J connectivity index is 1.85. The summed E-state index contributed by atoms with van der Waals surface area (Å²) in [6.07, 6.45) is 2.26. The highest BCUT2D eigenvalue weighted by atomic mass is 32.2. The number of aliphatic carboxylic acids is 1. The van der Waals surface area contributed by atoms with Gasteiger partial charge in [-0.2, -0.15) is 0 Å². The number of sulfonamides is 1. The van der Waals surface area contributed by atoms with Gasteiger partial charge in [0.15, 0.2) is 0 Å². The van der Waals surface area contributed by atoms with E-state index in [0.717, 1.165) is 30.8 Å². The van der Waals surface area contributed by atoms with E-state index in [9.17, 15) is 13.2 Å². The van der Waals surface area contributed by atoms with Gasteiger partial charge in [-0.3, -0.25) is 4.79 Å². The maximum absolute atomic E-state index is 12.2. The minimum atomic E-state index is -3.54. The first-order valence-corrected chi connectivity index (χ1v) is 9.69. The van der Waals surface area contributed by atoms with E-state index in [2.05, 4.69) is 16.5 Å². The van der Waals surface area contributed by atoms with Crippen LogP contribution in [0.2, 0.25) is 0 Å². The number of thiophene rings is 1. The van der Waals surface area contributed by atoms with Crippen LogP contribution in [0.5, 0.6) is 0 Å². The summed E-state index contributed by atoms with van der Waals surface area (Å²) in [5.41, 5.74) is 0. The molecule has 0 radical (unpaired) electrons. The van der Waals surface area contributed by atoms with Crippen molar-refractivity contribution in [1.29, 1.82) is 0 Å². The van der Waals surface area contributed by atoms with Gasteiger partial charge in [-0.1, -0.05) is 6.92 Å². The summed E-state index contributed by atoms with van der Waals surface area (Å²) in [7, 11) is -3.54. The Bertz CT molecular complexity index is 612. The molecule has 6 nitrogen and oxygen atoms in total. The van der Waals surface area contributed by atoms with E-state index in [-0.39, 0.29) is 10.6 Å². The lowest BCUT2D eigenvalue weighted by Gasteiger charge is -2.30. The van der Waals surface area contributed by atoms with E-state index in [1.807, 2.05) is 0 Å².